The molecule has 1 N–H and O–H groups in total. The quantitative estimate of drug-likeness (QED) is 0.0891. The fraction of sp³-hybridized carbons (Fsp3) is 0.345. The highest BCUT2D eigenvalue weighted by Gasteiger charge is 2.37. The number of hydrogen-bond acceptors (Lipinski definition) is 15. The number of imidazole rings is 2. The zero-order valence-electron chi connectivity index (χ0n) is 43.3. The summed E-state index contributed by atoms with van der Waals surface area (Å²) < 4.78 is 110. The second-order valence-electron chi connectivity index (χ2n) is 19.5. The van der Waals surface area contributed by atoms with Crippen LogP contribution in [0.4, 0.5) is 30.7 Å². The third-order valence-corrected chi connectivity index (χ3v) is 13.8. The maximum atomic E-state index is 13.4. The van der Waals surface area contributed by atoms with Crippen molar-refractivity contribution in [1.82, 2.24) is 78.5 Å². The summed E-state index contributed by atoms with van der Waals surface area (Å²) >= 11 is 0. The van der Waals surface area contributed by atoms with E-state index >= 15 is 0 Å². The van der Waals surface area contributed by atoms with E-state index in [2.05, 4.69) is 50.1 Å². The van der Waals surface area contributed by atoms with E-state index < -0.39 is 42.5 Å². The first-order valence-electron chi connectivity index (χ1n) is 25.4. The molecule has 12 rings (SSSR count). The van der Waals surface area contributed by atoms with Gasteiger partial charge < -0.3 is 23.7 Å². The van der Waals surface area contributed by atoms with Gasteiger partial charge in [-0.05, 0) is 50.7 Å². The van der Waals surface area contributed by atoms with Gasteiger partial charge in [0, 0.05) is 47.8 Å². The normalized spacial score (nSPS) is 14.4. The topological polar surface area (TPSA) is 213 Å². The molecular formula is C55H53F7N16O3. The number of alkyl halides is 7. The largest absolute Gasteiger partial charge is 0.480 e. The number of aliphatic hydroxyl groups excluding tert-OH is 1. The van der Waals surface area contributed by atoms with Crippen molar-refractivity contribution in [3.8, 4) is 57.3 Å². The number of rotatable bonds is 16. The first-order valence-corrected chi connectivity index (χ1v) is 25.4. The van der Waals surface area contributed by atoms with Gasteiger partial charge in [-0.25, -0.2) is 63.6 Å². The molecule has 420 valence electrons. The van der Waals surface area contributed by atoms with E-state index in [0.717, 1.165) is 71.4 Å². The number of ether oxygens (including phenoxy) is 2. The van der Waals surface area contributed by atoms with Crippen molar-refractivity contribution in [3.63, 3.8) is 0 Å². The first-order chi connectivity index (χ1) is 38.5. The minimum Gasteiger partial charge on any atom is -0.480 e. The zero-order valence-corrected chi connectivity index (χ0v) is 43.3. The predicted octanol–water partition coefficient (Wildman–Crippen LogP) is 10.9. The zero-order chi connectivity index (χ0) is 56.0. The molecule has 0 spiro atoms. The van der Waals surface area contributed by atoms with Crippen LogP contribution >= 0.6 is 0 Å². The Balaban J connectivity index is 0.000000180. The van der Waals surface area contributed by atoms with Gasteiger partial charge in [0.25, 0.3) is 0 Å². The summed E-state index contributed by atoms with van der Waals surface area (Å²) in [6.07, 6.45) is 6.43. The third kappa shape index (κ3) is 11.4. The van der Waals surface area contributed by atoms with Crippen molar-refractivity contribution in [2.24, 2.45) is 0 Å². The number of fused-ring (bicyclic) bond motifs is 2. The molecule has 2 unspecified atom stereocenters. The van der Waals surface area contributed by atoms with Crippen molar-refractivity contribution < 1.29 is 45.3 Å². The minimum absolute atomic E-state index is 0. The number of aromatic nitrogens is 16. The van der Waals surface area contributed by atoms with Gasteiger partial charge in [0.05, 0.1) is 80.6 Å². The van der Waals surface area contributed by atoms with Gasteiger partial charge in [-0.3, -0.25) is 0 Å². The Bertz CT molecular complexity index is 3600. The van der Waals surface area contributed by atoms with Gasteiger partial charge in [-0.2, -0.15) is 36.5 Å². The lowest BCUT2D eigenvalue weighted by Gasteiger charge is -2.14. The molecule has 0 aliphatic heterocycles. The number of nitrogens with zero attached hydrogens (tertiary/aromatic N) is 16. The van der Waals surface area contributed by atoms with Crippen molar-refractivity contribution in [2.45, 2.75) is 96.3 Å². The van der Waals surface area contributed by atoms with E-state index in [0.29, 0.717) is 81.9 Å². The van der Waals surface area contributed by atoms with Crippen LogP contribution in [-0.2, 0) is 25.4 Å². The van der Waals surface area contributed by atoms with Crippen LogP contribution in [0.1, 0.15) is 105 Å². The van der Waals surface area contributed by atoms with Crippen LogP contribution in [0.5, 0.6) is 11.8 Å². The average Bonchev–Trinajstić information content (AvgIpc) is 4.37. The van der Waals surface area contributed by atoms with Crippen LogP contribution < -0.4 is 9.47 Å². The molecule has 10 aromatic rings. The Morgan fingerprint density at radius 2 is 0.975 bits per heavy atom. The molecule has 2 saturated carbocycles. The molecule has 2 fully saturated rings. The number of hydrogen-bond donors (Lipinski definition) is 1. The molecule has 2 aliphatic carbocycles. The summed E-state index contributed by atoms with van der Waals surface area (Å²) in [5.74, 6) is 2.56. The first kappa shape index (κ1) is 55.5. The Kier molecular flexibility index (Phi) is 15.3. The standard InChI is InChI=1S/C27H24F4N8O.C27H25F3N8O2.CH4/c1-15(9-28)38-13-20(27(29,30)31)36-24(38)18-5-3-16(4-6-18)12-39-25-19(11-35-39)10-32-23(37-25)21-22(17-7-8-17)33-14-34-26(21)40-2;1-15(13-39)37-12-20(27(28,29)30)35-24(37)18-5-3-16(4-6-18)11-38-25-19(10-34-38)9-31-23(36-25)21-22(17-7-8-17)32-14-33-26(21)40-2;/h3-6,10-11,13-15,17H,7-9,12H2,1-2H3;3-6,9-10,12,14-15,17,39H,7-8,11,13H2,1-2H3;1H4. The molecule has 8 heterocycles. The SMILES string of the molecule is C.COc1ncnc(C2CC2)c1-c1ncc2cnn(Cc3ccc(-c4nc(C(F)(F)F)cn4C(C)CF)cc3)c2n1.COc1ncnc(C2CC2)c1-c1ncc2cnn(Cc3ccc(-c4nc(C(F)(F)F)cn4C(C)CO)cc3)c2n1. The van der Waals surface area contributed by atoms with Crippen LogP contribution in [0.25, 0.3) is 67.6 Å². The Hall–Kier alpha value is -8.81. The summed E-state index contributed by atoms with van der Waals surface area (Å²) in [7, 11) is 3.10. The summed E-state index contributed by atoms with van der Waals surface area (Å²) in [5, 5.41) is 20.0. The fourth-order valence-electron chi connectivity index (χ4n) is 9.22. The molecule has 8 aromatic heterocycles. The Morgan fingerprint density at radius 3 is 1.33 bits per heavy atom. The monoisotopic (exact) mass is 1120 g/mol. The van der Waals surface area contributed by atoms with Crippen molar-refractivity contribution >= 4 is 22.1 Å². The molecule has 0 bridgehead atoms. The van der Waals surface area contributed by atoms with Gasteiger partial charge in [0.15, 0.2) is 34.3 Å². The molecule has 0 radical (unpaired) electrons. The summed E-state index contributed by atoms with van der Waals surface area (Å²) in [6, 6.07) is 12.5. The van der Waals surface area contributed by atoms with Gasteiger partial charge in [0.2, 0.25) is 11.8 Å². The number of halogens is 7. The summed E-state index contributed by atoms with van der Waals surface area (Å²) in [5.41, 5.74) is 4.87. The van der Waals surface area contributed by atoms with Gasteiger partial charge in [-0.1, -0.05) is 56.0 Å². The fourth-order valence-corrected chi connectivity index (χ4v) is 9.22. The molecule has 26 heteroatoms. The van der Waals surface area contributed by atoms with Crippen molar-refractivity contribution in [3.05, 3.63) is 132 Å². The minimum atomic E-state index is -4.63. The summed E-state index contributed by atoms with van der Waals surface area (Å²) in [4.78, 5) is 43.7. The second kappa shape index (κ2) is 22.4. The van der Waals surface area contributed by atoms with Gasteiger partial charge in [-0.15, -0.1) is 0 Å². The maximum absolute atomic E-state index is 13.4. The summed E-state index contributed by atoms with van der Waals surface area (Å²) in [6.45, 7) is 2.71. The highest BCUT2D eigenvalue weighted by Crippen LogP contribution is 2.46. The number of methoxy groups -OCH3 is 2. The lowest BCUT2D eigenvalue weighted by atomic mass is 10.1. The van der Waals surface area contributed by atoms with E-state index in [4.69, 9.17) is 19.4 Å². The Morgan fingerprint density at radius 1 is 0.568 bits per heavy atom. The third-order valence-electron chi connectivity index (χ3n) is 13.8. The van der Waals surface area contributed by atoms with Crippen LogP contribution in [0.2, 0.25) is 0 Å². The highest BCUT2D eigenvalue weighted by molar-refractivity contribution is 5.79. The lowest BCUT2D eigenvalue weighted by Crippen LogP contribution is -2.10. The number of aliphatic hydroxyl groups is 1. The van der Waals surface area contributed by atoms with Crippen molar-refractivity contribution in [1.29, 1.82) is 0 Å². The smallest absolute Gasteiger partial charge is 0.434 e. The van der Waals surface area contributed by atoms with E-state index in [9.17, 15) is 35.8 Å². The van der Waals surface area contributed by atoms with Gasteiger partial charge in [0.1, 0.15) is 42.1 Å². The highest BCUT2D eigenvalue weighted by atomic mass is 19.4. The van der Waals surface area contributed by atoms with E-state index in [-0.39, 0.29) is 25.7 Å². The second-order valence-corrected chi connectivity index (χ2v) is 19.5. The molecule has 19 nitrogen and oxygen atoms in total. The van der Waals surface area contributed by atoms with Crippen LogP contribution in [0.3, 0.4) is 0 Å². The van der Waals surface area contributed by atoms with Crippen LogP contribution in [0.15, 0.2) is 98.4 Å². The lowest BCUT2D eigenvalue weighted by molar-refractivity contribution is -0.141. The van der Waals surface area contributed by atoms with E-state index in [1.165, 1.54) is 28.7 Å². The molecule has 0 amide bonds. The molecule has 0 saturated heterocycles. The number of benzene rings is 2. The average molecular weight is 1120 g/mol. The van der Waals surface area contributed by atoms with Crippen LogP contribution in [0, 0.1) is 0 Å². The van der Waals surface area contributed by atoms with Crippen LogP contribution in [-0.4, -0.2) is 111 Å². The molecule has 2 atom stereocenters. The molecule has 2 aromatic carbocycles. The van der Waals surface area contributed by atoms with E-state index in [1.807, 2.05) is 0 Å². The predicted molar refractivity (Wildman–Crippen MR) is 282 cm³/mol. The molecule has 81 heavy (non-hydrogen) atoms. The van der Waals surface area contributed by atoms with E-state index in [1.54, 1.807) is 104 Å². The molecular weight excluding hydrogens is 1070 g/mol. The maximum Gasteiger partial charge on any atom is 0.434 e. The Labute approximate surface area is 458 Å². The van der Waals surface area contributed by atoms with Gasteiger partial charge >= 0.3 is 12.4 Å². The molecule has 2 aliphatic rings. The van der Waals surface area contributed by atoms with Crippen molar-refractivity contribution in [2.75, 3.05) is 27.5 Å².